The number of hydrogen-bond donors (Lipinski definition) is 2. The smallest absolute Gasteiger partial charge is 0.416 e. The van der Waals surface area contributed by atoms with E-state index in [0.717, 1.165) is 18.1 Å². The van der Waals surface area contributed by atoms with Crippen LogP contribution in [0.25, 0.3) is 0 Å². The average Bonchev–Trinajstić information content (AvgIpc) is 2.95. The van der Waals surface area contributed by atoms with E-state index in [1.54, 1.807) is 42.5 Å². The quantitative estimate of drug-likeness (QED) is 0.216. The molecule has 4 rings (SSSR count). The van der Waals surface area contributed by atoms with Crippen molar-refractivity contribution >= 4 is 29.2 Å². The predicted molar refractivity (Wildman–Crippen MR) is 166 cm³/mol. The molecule has 2 N–H and O–H groups in total. The molecule has 6 atom stereocenters. The van der Waals surface area contributed by atoms with Crippen molar-refractivity contribution < 1.29 is 32.9 Å². The van der Waals surface area contributed by atoms with Crippen LogP contribution in [0.1, 0.15) is 76.0 Å². The molecular formula is C34H38Cl2F3NO4. The number of halogens is 5. The van der Waals surface area contributed by atoms with Crippen molar-refractivity contribution in [2.24, 2.45) is 5.41 Å². The third kappa shape index (κ3) is 7.71. The van der Waals surface area contributed by atoms with Gasteiger partial charge in [-0.2, -0.15) is 13.2 Å². The molecule has 238 valence electrons. The van der Waals surface area contributed by atoms with Crippen molar-refractivity contribution in [1.82, 2.24) is 4.90 Å². The van der Waals surface area contributed by atoms with Crippen molar-refractivity contribution in [3.8, 4) is 5.75 Å². The van der Waals surface area contributed by atoms with E-state index in [0.29, 0.717) is 28.6 Å². The number of ether oxygens (including phenoxy) is 1. The maximum atomic E-state index is 13.8. The Kier molecular flexibility index (Phi) is 10.6. The van der Waals surface area contributed by atoms with E-state index in [1.807, 2.05) is 55.1 Å². The number of piperidine rings is 1. The molecule has 0 bridgehead atoms. The van der Waals surface area contributed by atoms with Crippen LogP contribution in [0.15, 0.2) is 78.9 Å². The first-order valence-corrected chi connectivity index (χ1v) is 15.4. The predicted octanol–water partition coefficient (Wildman–Crippen LogP) is 9.28. The van der Waals surface area contributed by atoms with Crippen LogP contribution in [0.3, 0.4) is 0 Å². The minimum Gasteiger partial charge on any atom is -0.481 e. The van der Waals surface area contributed by atoms with Crippen LogP contribution in [0.2, 0.25) is 10.0 Å². The molecule has 1 saturated heterocycles. The zero-order valence-electron chi connectivity index (χ0n) is 24.9. The Hall–Kier alpha value is -2.78. The van der Waals surface area contributed by atoms with Gasteiger partial charge in [-0.25, -0.2) is 0 Å². The Morgan fingerprint density at radius 1 is 1.02 bits per heavy atom. The summed E-state index contributed by atoms with van der Waals surface area (Å²) in [6, 6.07) is 22.7. The van der Waals surface area contributed by atoms with Crippen molar-refractivity contribution in [3.63, 3.8) is 0 Å². The number of carboxylic acid groups (broad SMARTS) is 1. The molecule has 1 heterocycles. The number of aliphatic carboxylic acids is 1. The van der Waals surface area contributed by atoms with Gasteiger partial charge in [-0.1, -0.05) is 79.5 Å². The Morgan fingerprint density at radius 3 is 2.25 bits per heavy atom. The van der Waals surface area contributed by atoms with Gasteiger partial charge < -0.3 is 14.9 Å². The standard InChI is InChI=1S/C34H38Cl2F3NO4/c1-4-26(17-18-33(3,43)34(37,38)39)40-30(22-13-15-24(35)16-14-22)28(23-9-8-10-25(36)19-23)20-32(2,21-29(41)42)31(40)44-27-11-6-5-7-12-27/h5-16,19,26,28,30-31,43H,4,17-18,20-21H2,1-3H3,(H,41,42)/t26-,28+,30+,31?,32+,33?/m0/s1. The summed E-state index contributed by atoms with van der Waals surface area (Å²) in [5.41, 5.74) is -2.18. The third-order valence-corrected chi connectivity index (χ3v) is 9.24. The highest BCUT2D eigenvalue weighted by atomic mass is 35.5. The number of rotatable bonds is 11. The lowest BCUT2D eigenvalue weighted by Crippen LogP contribution is -2.61. The summed E-state index contributed by atoms with van der Waals surface area (Å²) in [6.45, 7) is 4.52. The number of para-hydroxylation sites is 1. The molecule has 0 spiro atoms. The molecule has 5 nitrogen and oxygen atoms in total. The zero-order chi connectivity index (χ0) is 32.3. The van der Waals surface area contributed by atoms with E-state index in [2.05, 4.69) is 0 Å². The highest BCUT2D eigenvalue weighted by molar-refractivity contribution is 6.30. The molecule has 3 aromatic rings. The molecule has 0 amide bonds. The number of benzene rings is 3. The molecular weight excluding hydrogens is 614 g/mol. The molecule has 1 aliphatic heterocycles. The van der Waals surface area contributed by atoms with Crippen LogP contribution in [0.4, 0.5) is 13.2 Å². The molecule has 10 heteroatoms. The number of aliphatic hydroxyl groups is 1. The largest absolute Gasteiger partial charge is 0.481 e. The molecule has 1 fully saturated rings. The fraction of sp³-hybridized carbons (Fsp3) is 0.441. The summed E-state index contributed by atoms with van der Waals surface area (Å²) in [6.07, 6.45) is -5.68. The van der Waals surface area contributed by atoms with E-state index in [-0.39, 0.29) is 18.8 Å². The van der Waals surface area contributed by atoms with Crippen molar-refractivity contribution in [1.29, 1.82) is 0 Å². The number of carboxylic acids is 1. The third-order valence-electron chi connectivity index (χ3n) is 8.76. The van der Waals surface area contributed by atoms with E-state index in [9.17, 15) is 28.2 Å². The fourth-order valence-corrected chi connectivity index (χ4v) is 6.76. The SMILES string of the molecule is CC[C@@H](CCC(C)(O)C(F)(F)F)N1C(Oc2ccccc2)[C@@](C)(CC(=O)O)C[C@H](c2cccc(Cl)c2)[C@H]1c1ccc(Cl)cc1. The first-order valence-electron chi connectivity index (χ1n) is 14.7. The van der Waals surface area contributed by atoms with Crippen LogP contribution in [-0.4, -0.2) is 45.1 Å². The van der Waals surface area contributed by atoms with Crippen LogP contribution in [-0.2, 0) is 4.79 Å². The van der Waals surface area contributed by atoms with Crippen LogP contribution >= 0.6 is 23.2 Å². The highest BCUT2D eigenvalue weighted by Gasteiger charge is 2.55. The van der Waals surface area contributed by atoms with E-state index in [1.165, 1.54) is 0 Å². The van der Waals surface area contributed by atoms with Gasteiger partial charge in [0, 0.05) is 33.5 Å². The van der Waals surface area contributed by atoms with Crippen LogP contribution in [0, 0.1) is 5.41 Å². The Balaban J connectivity index is 1.95. The van der Waals surface area contributed by atoms with Gasteiger partial charge in [0.05, 0.1) is 6.42 Å². The van der Waals surface area contributed by atoms with Gasteiger partial charge in [0.1, 0.15) is 5.75 Å². The fourth-order valence-electron chi connectivity index (χ4n) is 6.44. The Bertz CT molecular complexity index is 1400. The van der Waals surface area contributed by atoms with Gasteiger partial charge >= 0.3 is 12.1 Å². The molecule has 0 radical (unpaired) electrons. The summed E-state index contributed by atoms with van der Waals surface area (Å²) < 4.78 is 48.0. The number of hydrogen-bond acceptors (Lipinski definition) is 4. The molecule has 0 saturated carbocycles. The van der Waals surface area contributed by atoms with Gasteiger partial charge in [-0.15, -0.1) is 0 Å². The monoisotopic (exact) mass is 651 g/mol. The first kappa shape index (κ1) is 34.1. The maximum Gasteiger partial charge on any atom is 0.416 e. The average molecular weight is 653 g/mol. The van der Waals surface area contributed by atoms with Crippen LogP contribution < -0.4 is 4.74 Å². The summed E-state index contributed by atoms with van der Waals surface area (Å²) in [5, 5.41) is 21.6. The number of carbonyl (C=O) groups is 1. The lowest BCUT2D eigenvalue weighted by molar-refractivity contribution is -0.257. The lowest BCUT2D eigenvalue weighted by atomic mass is 9.66. The second-order valence-corrected chi connectivity index (χ2v) is 13.1. The lowest BCUT2D eigenvalue weighted by Gasteiger charge is -2.57. The first-order chi connectivity index (χ1) is 20.6. The van der Waals surface area contributed by atoms with E-state index in [4.69, 9.17) is 27.9 Å². The van der Waals surface area contributed by atoms with Gasteiger partial charge in [-0.3, -0.25) is 9.69 Å². The highest BCUT2D eigenvalue weighted by Crippen LogP contribution is 2.55. The molecule has 3 aromatic carbocycles. The minimum absolute atomic E-state index is 0.0207. The van der Waals surface area contributed by atoms with Crippen molar-refractivity contribution in [2.75, 3.05) is 0 Å². The topological polar surface area (TPSA) is 70.0 Å². The molecule has 1 aliphatic rings. The number of likely N-dealkylation sites (tertiary alicyclic amines) is 1. The summed E-state index contributed by atoms with van der Waals surface area (Å²) >= 11 is 12.7. The molecule has 0 aromatic heterocycles. The van der Waals surface area contributed by atoms with Crippen molar-refractivity contribution in [2.45, 2.75) is 88.9 Å². The summed E-state index contributed by atoms with van der Waals surface area (Å²) in [4.78, 5) is 14.4. The second-order valence-electron chi connectivity index (χ2n) is 12.2. The Labute approximate surface area is 266 Å². The van der Waals surface area contributed by atoms with Gasteiger partial charge in [0.15, 0.2) is 11.8 Å². The van der Waals surface area contributed by atoms with Gasteiger partial charge in [-0.05, 0) is 80.1 Å². The summed E-state index contributed by atoms with van der Waals surface area (Å²) in [7, 11) is 0. The molecule has 2 unspecified atom stereocenters. The molecule has 44 heavy (non-hydrogen) atoms. The van der Waals surface area contributed by atoms with E-state index < -0.39 is 47.9 Å². The number of alkyl halides is 3. The zero-order valence-corrected chi connectivity index (χ0v) is 26.4. The second kappa shape index (κ2) is 13.7. The number of nitrogens with zero attached hydrogens (tertiary/aromatic N) is 1. The maximum absolute atomic E-state index is 13.8. The van der Waals surface area contributed by atoms with Gasteiger partial charge in [0.25, 0.3) is 0 Å². The van der Waals surface area contributed by atoms with Crippen molar-refractivity contribution in [3.05, 3.63) is 100 Å². The molecule has 0 aliphatic carbocycles. The van der Waals surface area contributed by atoms with E-state index >= 15 is 0 Å². The minimum atomic E-state index is -4.82. The van der Waals surface area contributed by atoms with Gasteiger partial charge in [0.2, 0.25) is 0 Å². The summed E-state index contributed by atoms with van der Waals surface area (Å²) in [5.74, 6) is -0.823. The Morgan fingerprint density at radius 2 is 1.68 bits per heavy atom. The normalized spacial score (nSPS) is 24.8. The van der Waals surface area contributed by atoms with Crippen LogP contribution in [0.5, 0.6) is 5.75 Å².